The van der Waals surface area contributed by atoms with Crippen LogP contribution in [0.15, 0.2) is 46.9 Å². The Morgan fingerprint density at radius 1 is 0.872 bits per heavy atom. The molecular formula is C31H19F6N3O7. The molecule has 5 aliphatic rings. The van der Waals surface area contributed by atoms with Crippen molar-refractivity contribution in [2.75, 3.05) is 31.1 Å². The number of hydrogen-bond acceptors (Lipinski definition) is 8. The van der Waals surface area contributed by atoms with E-state index in [1.54, 1.807) is 0 Å². The number of nitrogens with zero attached hydrogens (tertiary/aromatic N) is 3. The van der Waals surface area contributed by atoms with Crippen LogP contribution in [0.2, 0.25) is 0 Å². The number of amides is 2. The summed E-state index contributed by atoms with van der Waals surface area (Å²) in [5.74, 6) is -12.9. The van der Waals surface area contributed by atoms with Crippen LogP contribution >= 0.6 is 0 Å². The molecule has 2 aromatic carbocycles. The number of rotatable bonds is 5. The summed E-state index contributed by atoms with van der Waals surface area (Å²) >= 11 is 0. The predicted octanol–water partition coefficient (Wildman–Crippen LogP) is 2.94. The Morgan fingerprint density at radius 2 is 1.55 bits per heavy atom. The van der Waals surface area contributed by atoms with Crippen LogP contribution in [0, 0.1) is 11.6 Å². The second-order valence-corrected chi connectivity index (χ2v) is 11.5. The number of benzene rings is 3. The zero-order chi connectivity index (χ0) is 33.6. The minimum absolute atomic E-state index is 0.174. The number of carboxylic acids is 1. The van der Waals surface area contributed by atoms with Gasteiger partial charge in [-0.15, -0.1) is 5.06 Å². The molecule has 3 fully saturated rings. The van der Waals surface area contributed by atoms with Gasteiger partial charge in [-0.3, -0.25) is 9.59 Å². The largest absolute Gasteiger partial charge is 0.545 e. The lowest BCUT2D eigenvalue weighted by molar-refractivity contribution is -0.255. The number of halogens is 6. The van der Waals surface area contributed by atoms with Crippen molar-refractivity contribution in [2.24, 2.45) is 0 Å². The molecule has 0 saturated carbocycles. The summed E-state index contributed by atoms with van der Waals surface area (Å²) in [5, 5.41) is 12.1. The van der Waals surface area contributed by atoms with Gasteiger partial charge in [0.2, 0.25) is 18.4 Å². The highest BCUT2D eigenvalue weighted by Crippen LogP contribution is 2.44. The zero-order valence-electron chi connectivity index (χ0n) is 23.8. The third-order valence-corrected chi connectivity index (χ3v) is 8.15. The van der Waals surface area contributed by atoms with E-state index in [1.165, 1.54) is 0 Å². The maximum Gasteiger partial charge on any atom is 0.363 e. The van der Waals surface area contributed by atoms with E-state index < -0.39 is 79.0 Å². The number of carbonyl (C=O) groups is 4. The van der Waals surface area contributed by atoms with Crippen LogP contribution in [0.1, 0.15) is 33.6 Å². The first-order valence-electron chi connectivity index (χ1n) is 14.0. The molecule has 0 radical (unpaired) electrons. The van der Waals surface area contributed by atoms with Crippen LogP contribution in [0.5, 0.6) is 0 Å². The second-order valence-electron chi connectivity index (χ2n) is 11.5. The number of fused-ring (bicyclic) bond motifs is 2. The van der Waals surface area contributed by atoms with E-state index in [-0.39, 0.29) is 67.9 Å². The molecule has 10 nitrogen and oxygen atoms in total. The molecule has 7 rings (SSSR count). The van der Waals surface area contributed by atoms with Gasteiger partial charge >= 0.3 is 11.9 Å². The van der Waals surface area contributed by atoms with Crippen molar-refractivity contribution in [3.63, 3.8) is 0 Å². The number of carboxylic acid groups (broad SMARTS) is 1. The van der Waals surface area contributed by atoms with Crippen LogP contribution in [0.4, 0.5) is 32.0 Å². The number of carbonyl (C=O) groups excluding carboxylic acids is 4. The fourth-order valence-corrected chi connectivity index (χ4v) is 5.90. The summed E-state index contributed by atoms with van der Waals surface area (Å²) in [6.45, 7) is -3.18. The van der Waals surface area contributed by atoms with Gasteiger partial charge in [-0.05, 0) is 29.8 Å². The van der Waals surface area contributed by atoms with Gasteiger partial charge in [0.1, 0.15) is 17.2 Å². The van der Waals surface area contributed by atoms with E-state index in [9.17, 15) is 41.8 Å². The highest BCUT2D eigenvalue weighted by Gasteiger charge is 2.50. The maximum atomic E-state index is 15.5. The quantitative estimate of drug-likeness (QED) is 0.139. The lowest BCUT2D eigenvalue weighted by atomic mass is 9.89. The molecule has 4 aliphatic heterocycles. The number of hydrogen-bond donors (Lipinski definition) is 0. The van der Waals surface area contributed by atoms with Gasteiger partial charge in [-0.25, -0.2) is 22.5 Å². The van der Waals surface area contributed by atoms with E-state index >= 15 is 8.78 Å². The molecule has 0 spiro atoms. The topological polar surface area (TPSA) is 123 Å². The molecule has 0 atom stereocenters. The first-order valence-corrected chi connectivity index (χ1v) is 14.0. The highest BCUT2D eigenvalue weighted by atomic mass is 19.3. The number of anilines is 1. The Labute approximate surface area is 258 Å². The average molecular weight is 659 g/mol. The summed E-state index contributed by atoms with van der Waals surface area (Å²) in [6, 6.07) is 6.84. The molecule has 0 N–H and O–H groups in total. The van der Waals surface area contributed by atoms with Crippen LogP contribution in [-0.2, 0) is 14.4 Å². The van der Waals surface area contributed by atoms with Crippen LogP contribution < -0.4 is 19.9 Å². The van der Waals surface area contributed by atoms with Crippen LogP contribution in [-0.4, -0.2) is 66.8 Å². The Morgan fingerprint density at radius 3 is 2.17 bits per heavy atom. The molecule has 1 aliphatic carbocycles. The lowest BCUT2D eigenvalue weighted by Crippen LogP contribution is -2.58. The summed E-state index contributed by atoms with van der Waals surface area (Å²) < 4.78 is 92.6. The SMILES string of the molecule is O=C(ON1C(=O)CCC1=O)c1ccc(C(=O)[O-])c(-c2c3cc(F)c(=[N+]4CC(F)(F)C4)cc-3oc3cc(N4CC(F)(F)C4)c(F)cc23)c1. The zero-order valence-corrected chi connectivity index (χ0v) is 23.8. The van der Waals surface area contributed by atoms with Crippen molar-refractivity contribution in [2.45, 2.75) is 24.7 Å². The summed E-state index contributed by atoms with van der Waals surface area (Å²) in [4.78, 5) is 55.3. The van der Waals surface area contributed by atoms with E-state index in [1.807, 2.05) is 0 Å². The van der Waals surface area contributed by atoms with Gasteiger partial charge in [-0.2, -0.15) is 13.2 Å². The van der Waals surface area contributed by atoms with E-state index in [2.05, 4.69) is 0 Å². The molecular weight excluding hydrogens is 640 g/mol. The average Bonchev–Trinajstić information content (AvgIpc) is 3.29. The Bertz CT molecular complexity index is 2090. The standard InChI is InChI=1S/C31H19F6N3O7/c32-19-6-17-23(8-21(19)38-10-30(34,35)11-38)46-24-9-22(39-12-31(36,37)13-39)20(33)7-18(24)27(17)16-5-14(1-2-15(16)28(43)44)29(45)47-40-25(41)3-4-26(40)42/h1-2,5-9H,3-4,10-13H2. The molecule has 0 aromatic heterocycles. The number of hydroxylamine groups is 2. The van der Waals surface area contributed by atoms with Gasteiger partial charge in [0.25, 0.3) is 17.7 Å². The predicted molar refractivity (Wildman–Crippen MR) is 146 cm³/mol. The van der Waals surface area contributed by atoms with E-state index in [0.29, 0.717) is 0 Å². The third kappa shape index (κ3) is 5.13. The third-order valence-electron chi connectivity index (χ3n) is 8.15. The summed E-state index contributed by atoms with van der Waals surface area (Å²) in [6.07, 6.45) is -0.393. The normalized spacial score (nSPS) is 18.5. The molecule has 47 heavy (non-hydrogen) atoms. The molecule has 2 aromatic rings. The van der Waals surface area contributed by atoms with Crippen molar-refractivity contribution in [3.05, 3.63) is 70.6 Å². The van der Waals surface area contributed by atoms with Crippen molar-refractivity contribution in [1.29, 1.82) is 0 Å². The monoisotopic (exact) mass is 659 g/mol. The molecule has 0 bridgehead atoms. The highest BCUT2D eigenvalue weighted by molar-refractivity contribution is 6.09. The van der Waals surface area contributed by atoms with Gasteiger partial charge in [0, 0.05) is 41.0 Å². The Kier molecular flexibility index (Phi) is 6.63. The number of alkyl halides is 4. The number of aromatic carboxylic acids is 1. The van der Waals surface area contributed by atoms with Gasteiger partial charge in [0.15, 0.2) is 5.82 Å². The molecule has 4 heterocycles. The van der Waals surface area contributed by atoms with Crippen molar-refractivity contribution in [3.8, 4) is 22.5 Å². The molecule has 2 amide bonds. The van der Waals surface area contributed by atoms with Crippen molar-refractivity contribution >= 4 is 40.4 Å². The molecule has 0 unspecified atom stereocenters. The minimum atomic E-state index is -3.07. The first kappa shape index (κ1) is 30.3. The van der Waals surface area contributed by atoms with Gasteiger partial charge < -0.3 is 24.1 Å². The van der Waals surface area contributed by atoms with E-state index in [0.717, 1.165) is 51.9 Å². The molecule has 242 valence electrons. The van der Waals surface area contributed by atoms with Crippen LogP contribution in [0.25, 0.3) is 33.4 Å². The van der Waals surface area contributed by atoms with Gasteiger partial charge in [0.05, 0.1) is 36.4 Å². The number of imide groups is 1. The van der Waals surface area contributed by atoms with Crippen LogP contribution in [0.3, 0.4) is 0 Å². The summed E-state index contributed by atoms with van der Waals surface area (Å²) in [7, 11) is 0. The first-order chi connectivity index (χ1) is 22.1. The second kappa shape index (κ2) is 10.3. The fraction of sp³-hybridized carbons (Fsp3) is 0.258. The minimum Gasteiger partial charge on any atom is -0.545 e. The van der Waals surface area contributed by atoms with E-state index in [4.69, 9.17) is 9.25 Å². The lowest BCUT2D eigenvalue weighted by Gasteiger charge is -2.40. The Balaban J connectivity index is 1.47. The van der Waals surface area contributed by atoms with Crippen molar-refractivity contribution in [1.82, 2.24) is 9.64 Å². The smallest absolute Gasteiger partial charge is 0.363 e. The Hall–Kier alpha value is -5.41. The van der Waals surface area contributed by atoms with Gasteiger partial charge in [-0.1, -0.05) is 6.07 Å². The molecule has 3 saturated heterocycles. The maximum absolute atomic E-state index is 15.5. The molecule has 16 heteroatoms. The van der Waals surface area contributed by atoms with Crippen molar-refractivity contribution < 1.29 is 59.9 Å². The summed E-state index contributed by atoms with van der Waals surface area (Å²) in [5.41, 5.74) is -2.12. The fourth-order valence-electron chi connectivity index (χ4n) is 5.90.